The highest BCUT2D eigenvalue weighted by Crippen LogP contribution is 2.36. The molecule has 0 aliphatic rings. The molecule has 0 aliphatic carbocycles. The molecule has 0 fully saturated rings. The Hall–Kier alpha value is -6.38. The van der Waals surface area contributed by atoms with Crippen LogP contribution < -0.4 is 48.6 Å². The minimum absolute atomic E-state index is 0.167. The van der Waals surface area contributed by atoms with Crippen molar-refractivity contribution in [1.29, 1.82) is 0 Å². The number of nitrogens with zero attached hydrogens (tertiary/aromatic N) is 1. The van der Waals surface area contributed by atoms with E-state index < -0.39 is 0 Å². The normalized spacial score (nSPS) is 11.5. The number of furan rings is 1. The maximum atomic E-state index is 7.12. The second kappa shape index (κ2) is 14.7. The third-order valence-electron chi connectivity index (χ3n) is 11.7. The Kier molecular flexibility index (Phi) is 9.28. The van der Waals surface area contributed by atoms with Crippen molar-refractivity contribution in [2.24, 2.45) is 0 Å². The number of hydrogen-bond acceptors (Lipinski definition) is 2. The van der Waals surface area contributed by atoms with E-state index in [2.05, 4.69) is 12.1 Å². The third kappa shape index (κ3) is 5.91. The number of hydrogen-bond donors (Lipinski definition) is 0. The topological polar surface area (TPSA) is 16.4 Å². The van der Waals surface area contributed by atoms with Gasteiger partial charge in [0.25, 0.3) is 0 Å². The predicted octanol–water partition coefficient (Wildman–Crippen LogP) is 4.71. The molecule has 10 aromatic rings. The molecule has 10 heteroatoms. The Morgan fingerprint density at radius 3 is 1.27 bits per heavy atom. The molecule has 0 atom stereocenters. The molecule has 16 radical (unpaired) electrons. The summed E-state index contributed by atoms with van der Waals surface area (Å²) in [5, 5.41) is 5.96. The van der Waals surface area contributed by atoms with Gasteiger partial charge >= 0.3 is 0 Å². The van der Waals surface area contributed by atoms with Crippen LogP contribution in [0.15, 0.2) is 156 Å². The molecule has 0 bridgehead atoms. The molecule has 1 aromatic heterocycles. The molecule has 0 aliphatic heterocycles. The van der Waals surface area contributed by atoms with Crippen molar-refractivity contribution in [2.45, 2.75) is 0 Å². The third-order valence-corrected chi connectivity index (χ3v) is 11.7. The fraction of sp³-hybridized carbons (Fsp3) is 0. The maximum Gasteiger partial charge on any atom is 0.135 e. The highest BCUT2D eigenvalue weighted by Gasteiger charge is 2.27. The first-order valence-electron chi connectivity index (χ1n) is 19.4. The van der Waals surface area contributed by atoms with Crippen LogP contribution in [-0.4, -0.2) is 62.8 Å². The van der Waals surface area contributed by atoms with E-state index in [1.54, 1.807) is 4.90 Å². The van der Waals surface area contributed by atoms with Crippen molar-refractivity contribution in [1.82, 2.24) is 0 Å². The molecule has 0 N–H and O–H groups in total. The van der Waals surface area contributed by atoms with Crippen LogP contribution in [0, 0.1) is 0 Å². The lowest BCUT2D eigenvalue weighted by Gasteiger charge is -2.37. The molecule has 0 amide bonds. The Morgan fingerprint density at radius 2 is 0.750 bits per heavy atom. The average Bonchev–Trinajstić information content (AvgIpc) is 3.66. The molecule has 0 saturated carbocycles. The Morgan fingerprint density at radius 1 is 0.333 bits per heavy atom. The van der Waals surface area contributed by atoms with Crippen LogP contribution in [0.3, 0.4) is 0 Å². The summed E-state index contributed by atoms with van der Waals surface area (Å²) in [6.07, 6.45) is 0. The lowest BCUT2D eigenvalue weighted by molar-refractivity contribution is 0.669. The van der Waals surface area contributed by atoms with Crippen molar-refractivity contribution in [3.05, 3.63) is 152 Å². The first kappa shape index (κ1) is 37.9. The zero-order valence-corrected chi connectivity index (χ0v) is 32.4. The van der Waals surface area contributed by atoms with Gasteiger partial charge in [-0.05, 0) is 85.3 Å². The van der Waals surface area contributed by atoms with E-state index in [0.717, 1.165) is 65.7 Å². The number of benzene rings is 9. The van der Waals surface area contributed by atoms with Gasteiger partial charge in [-0.25, -0.2) is 0 Å². The van der Waals surface area contributed by atoms with Gasteiger partial charge in [0, 0.05) is 27.8 Å². The summed E-state index contributed by atoms with van der Waals surface area (Å²) in [4.78, 5) is 1.76. The van der Waals surface area contributed by atoms with Gasteiger partial charge < -0.3 is 9.32 Å². The number of fused-ring (bicyclic) bond motifs is 5. The van der Waals surface area contributed by atoms with Crippen LogP contribution in [0.25, 0.3) is 76.9 Å². The lowest BCUT2D eigenvalue weighted by Crippen LogP contribution is -2.50. The summed E-state index contributed by atoms with van der Waals surface area (Å²) in [6.45, 7) is 0. The van der Waals surface area contributed by atoms with E-state index in [1.807, 2.05) is 140 Å². The van der Waals surface area contributed by atoms with Gasteiger partial charge in [0.15, 0.2) is 0 Å². The van der Waals surface area contributed by atoms with Crippen LogP contribution in [0.1, 0.15) is 0 Å². The minimum Gasteiger partial charge on any atom is -0.456 e. The quantitative estimate of drug-likeness (QED) is 0.230. The molecule has 0 unspecified atom stereocenters. The number of para-hydroxylation sites is 1. The standard InChI is InChI=1S/C50H25B8NO/c51-41-39(34-16-7-11-27-9-1-3-13-31(27)34)42(52)46(56)49(45(41)55)59(30-22-19-26(20-23-30)29-21-24-38-36(25-29)33-15-5-6-18-37(33)60-38)50-47(57)43(53)40(44(54)48(50)58)35-17-8-12-28-10-2-4-14-32(28)35/h1-25H. The first-order valence-corrected chi connectivity index (χ1v) is 19.4. The molecule has 0 saturated heterocycles. The van der Waals surface area contributed by atoms with Crippen molar-refractivity contribution in [3.8, 4) is 33.4 Å². The molecule has 10 rings (SSSR count). The highest BCUT2D eigenvalue weighted by molar-refractivity contribution is 6.65. The highest BCUT2D eigenvalue weighted by atomic mass is 16.3. The van der Waals surface area contributed by atoms with E-state index in [0.29, 0.717) is 16.8 Å². The van der Waals surface area contributed by atoms with E-state index >= 15 is 0 Å². The van der Waals surface area contributed by atoms with E-state index in [9.17, 15) is 0 Å². The average molecular weight is 742 g/mol. The van der Waals surface area contributed by atoms with E-state index in [-0.39, 0.29) is 55.1 Å². The lowest BCUT2D eigenvalue weighted by atomic mass is 9.62. The summed E-state index contributed by atoms with van der Waals surface area (Å²) in [5.74, 6) is 0. The van der Waals surface area contributed by atoms with Gasteiger partial charge in [0.1, 0.15) is 73.9 Å². The maximum absolute atomic E-state index is 7.12. The van der Waals surface area contributed by atoms with Crippen molar-refractivity contribution < 1.29 is 4.42 Å². The predicted molar refractivity (Wildman–Crippen MR) is 263 cm³/mol. The fourth-order valence-electron chi connectivity index (χ4n) is 8.66. The zero-order chi connectivity index (χ0) is 41.4. The number of anilines is 3. The molecular weight excluding hydrogens is 717 g/mol. The van der Waals surface area contributed by atoms with Crippen molar-refractivity contribution in [3.63, 3.8) is 0 Å². The monoisotopic (exact) mass is 743 g/mol. The summed E-state index contributed by atoms with van der Waals surface area (Å²) < 4.78 is 6.10. The summed E-state index contributed by atoms with van der Waals surface area (Å²) >= 11 is 0. The molecule has 60 heavy (non-hydrogen) atoms. The second-order valence-corrected chi connectivity index (χ2v) is 15.0. The summed E-state index contributed by atoms with van der Waals surface area (Å²) in [6, 6.07) is 49.8. The Bertz CT molecular complexity index is 3160. The molecular formula is C50H25B8NO. The zero-order valence-electron chi connectivity index (χ0n) is 32.4. The van der Waals surface area contributed by atoms with E-state index in [1.165, 1.54) is 0 Å². The summed E-state index contributed by atoms with van der Waals surface area (Å²) in [7, 11) is 56.6. The number of rotatable bonds is 6. The van der Waals surface area contributed by atoms with Gasteiger partial charge in [0.2, 0.25) is 0 Å². The molecule has 9 aromatic carbocycles. The van der Waals surface area contributed by atoms with Crippen LogP contribution in [0.2, 0.25) is 0 Å². The van der Waals surface area contributed by atoms with Crippen molar-refractivity contribution >= 4 is 167 Å². The largest absolute Gasteiger partial charge is 0.456 e. The molecule has 260 valence electrons. The fourth-order valence-corrected chi connectivity index (χ4v) is 8.66. The van der Waals surface area contributed by atoms with E-state index in [4.69, 9.17) is 67.2 Å². The molecule has 2 nitrogen and oxygen atoms in total. The SMILES string of the molecule is [B]c1c([B])c(N(c2ccc(-c3ccc4oc5ccccc5c4c3)cc2)c2c([B])c([B])c(-c3cccc4ccccc34)c([B])c2[B])c([B])c([B])c1-c1cccc2ccccc12. The van der Waals surface area contributed by atoms with Crippen LogP contribution >= 0.6 is 0 Å². The van der Waals surface area contributed by atoms with Gasteiger partial charge in [-0.3, -0.25) is 0 Å². The minimum atomic E-state index is 0.167. The molecule has 1 heterocycles. The Labute approximate surface area is 359 Å². The van der Waals surface area contributed by atoms with Crippen molar-refractivity contribution in [2.75, 3.05) is 4.90 Å². The van der Waals surface area contributed by atoms with Gasteiger partial charge in [-0.2, -0.15) is 0 Å². The Balaban J connectivity index is 1.20. The molecule has 0 spiro atoms. The van der Waals surface area contributed by atoms with Gasteiger partial charge in [0.05, 0.1) is 0 Å². The van der Waals surface area contributed by atoms with Gasteiger partial charge in [-0.1, -0.05) is 165 Å². The summed E-state index contributed by atoms with van der Waals surface area (Å²) in [5.41, 5.74) is 8.98. The smallest absolute Gasteiger partial charge is 0.135 e. The first-order chi connectivity index (χ1) is 29.1. The second-order valence-electron chi connectivity index (χ2n) is 15.0. The van der Waals surface area contributed by atoms with Gasteiger partial charge in [-0.15, -0.1) is 0 Å². The van der Waals surface area contributed by atoms with Crippen LogP contribution in [0.4, 0.5) is 17.1 Å². The van der Waals surface area contributed by atoms with Crippen LogP contribution in [-0.2, 0) is 0 Å². The van der Waals surface area contributed by atoms with Crippen LogP contribution in [0.5, 0.6) is 0 Å².